The maximum absolute atomic E-state index is 12.6. The van der Waals surface area contributed by atoms with Gasteiger partial charge in [0.1, 0.15) is 9.22 Å². The molecule has 0 unspecified atom stereocenters. The predicted octanol–water partition coefficient (Wildman–Crippen LogP) is 2.52. The summed E-state index contributed by atoms with van der Waals surface area (Å²) in [4.78, 5) is 14.3. The summed E-state index contributed by atoms with van der Waals surface area (Å²) in [5.41, 5.74) is 2.10. The quantitative estimate of drug-likeness (QED) is 0.604. The molecule has 1 aliphatic rings. The Morgan fingerprint density at radius 1 is 1.13 bits per heavy atom. The molecule has 0 spiro atoms. The fraction of sp³-hybridized carbons (Fsp3) is 0.316. The molecule has 0 radical (unpaired) electrons. The van der Waals surface area contributed by atoms with Gasteiger partial charge in [0.25, 0.3) is 10.0 Å². The number of amides is 1. The summed E-state index contributed by atoms with van der Waals surface area (Å²) in [5, 5.41) is 14.0. The van der Waals surface area contributed by atoms with Crippen molar-refractivity contribution in [1.82, 2.24) is 19.4 Å². The normalized spacial score (nSPS) is 15.9. The van der Waals surface area contributed by atoms with Crippen molar-refractivity contribution in [1.29, 1.82) is 0 Å². The molecule has 158 valence electrons. The molecular weight excluding hydrogens is 442 g/mol. The van der Waals surface area contributed by atoms with Crippen LogP contribution in [0.15, 0.2) is 46.0 Å². The molecular formula is C19H21N5O3S3. The topological polar surface area (TPSA) is 95.5 Å². The minimum absolute atomic E-state index is 0.184. The largest absolute Gasteiger partial charge is 0.299 e. The molecule has 3 aromatic rings. The summed E-state index contributed by atoms with van der Waals surface area (Å²) < 4.78 is 27.0. The van der Waals surface area contributed by atoms with Crippen LogP contribution < -0.4 is 5.32 Å². The van der Waals surface area contributed by atoms with Crippen LogP contribution in [-0.2, 0) is 14.8 Å². The van der Waals surface area contributed by atoms with Crippen molar-refractivity contribution in [3.63, 3.8) is 0 Å². The zero-order chi connectivity index (χ0) is 21.1. The highest BCUT2D eigenvalue weighted by Crippen LogP contribution is 2.27. The van der Waals surface area contributed by atoms with Gasteiger partial charge in [0.15, 0.2) is 0 Å². The summed E-state index contributed by atoms with van der Waals surface area (Å²) in [6.45, 7) is 3.93. The molecule has 0 bridgehead atoms. The number of thiophene rings is 1. The predicted molar refractivity (Wildman–Crippen MR) is 118 cm³/mol. The molecule has 1 aromatic carbocycles. The first-order chi connectivity index (χ1) is 14.4. The van der Waals surface area contributed by atoms with Crippen LogP contribution in [0.5, 0.6) is 0 Å². The van der Waals surface area contributed by atoms with E-state index in [0.29, 0.717) is 35.5 Å². The Kier molecular flexibility index (Phi) is 6.25. The maximum Gasteiger partial charge on any atom is 0.252 e. The lowest BCUT2D eigenvalue weighted by Crippen LogP contribution is -2.50. The van der Waals surface area contributed by atoms with Gasteiger partial charge in [0, 0.05) is 31.7 Å². The summed E-state index contributed by atoms with van der Waals surface area (Å²) in [7, 11) is -3.44. The lowest BCUT2D eigenvalue weighted by Gasteiger charge is -2.33. The number of hydrogen-bond donors (Lipinski definition) is 1. The van der Waals surface area contributed by atoms with Crippen molar-refractivity contribution in [2.45, 2.75) is 11.1 Å². The number of nitrogens with zero attached hydrogens (tertiary/aromatic N) is 4. The molecule has 2 aromatic heterocycles. The Balaban J connectivity index is 1.30. The highest BCUT2D eigenvalue weighted by Gasteiger charge is 2.29. The van der Waals surface area contributed by atoms with Crippen LogP contribution in [0.25, 0.3) is 10.6 Å². The summed E-state index contributed by atoms with van der Waals surface area (Å²) in [6.07, 6.45) is 0. The third-order valence-corrected chi connectivity index (χ3v) is 8.88. The van der Waals surface area contributed by atoms with Crippen molar-refractivity contribution in [2.75, 3.05) is 38.0 Å². The third-order valence-electron chi connectivity index (χ3n) is 4.72. The Bertz CT molecular complexity index is 1120. The molecule has 0 saturated carbocycles. The van der Waals surface area contributed by atoms with E-state index in [1.54, 1.807) is 17.5 Å². The molecule has 3 heterocycles. The van der Waals surface area contributed by atoms with Gasteiger partial charge in [-0.15, -0.1) is 21.5 Å². The van der Waals surface area contributed by atoms with Gasteiger partial charge in [-0.25, -0.2) is 8.42 Å². The van der Waals surface area contributed by atoms with Crippen molar-refractivity contribution >= 4 is 43.7 Å². The number of anilines is 1. The van der Waals surface area contributed by atoms with E-state index in [0.717, 1.165) is 16.1 Å². The van der Waals surface area contributed by atoms with Crippen LogP contribution in [0.2, 0.25) is 0 Å². The van der Waals surface area contributed by atoms with Gasteiger partial charge in [0.2, 0.25) is 11.0 Å². The first-order valence-corrected chi connectivity index (χ1v) is 12.5. The summed E-state index contributed by atoms with van der Waals surface area (Å²) >= 11 is 2.55. The molecule has 30 heavy (non-hydrogen) atoms. The zero-order valence-electron chi connectivity index (χ0n) is 16.3. The van der Waals surface area contributed by atoms with E-state index in [1.807, 2.05) is 36.1 Å². The average molecular weight is 464 g/mol. The average Bonchev–Trinajstić information content (AvgIpc) is 3.41. The first kappa shape index (κ1) is 21.1. The minimum Gasteiger partial charge on any atom is -0.299 e. The lowest BCUT2D eigenvalue weighted by atomic mass is 10.1. The Morgan fingerprint density at radius 3 is 2.63 bits per heavy atom. The van der Waals surface area contributed by atoms with Crippen molar-refractivity contribution in [3.8, 4) is 10.6 Å². The second kappa shape index (κ2) is 8.90. The standard InChI is InChI=1S/C19H21N5O3S3/c1-14-4-2-5-15(12-14)18-21-22-19(29-18)20-16(25)13-23-7-9-24(10-8-23)30(26,27)17-6-3-11-28-17/h2-6,11-12H,7-10,13H2,1H3,(H,20,22,25). The number of nitrogens with one attached hydrogen (secondary N) is 1. The van der Waals surface area contributed by atoms with Crippen LogP contribution in [0.4, 0.5) is 5.13 Å². The van der Waals surface area contributed by atoms with Crippen LogP contribution >= 0.6 is 22.7 Å². The Morgan fingerprint density at radius 2 is 1.93 bits per heavy atom. The van der Waals surface area contributed by atoms with Crippen LogP contribution in [0, 0.1) is 6.92 Å². The second-order valence-corrected chi connectivity index (χ2v) is 11.0. The molecule has 4 rings (SSSR count). The lowest BCUT2D eigenvalue weighted by molar-refractivity contribution is -0.117. The number of carbonyl (C=O) groups is 1. The van der Waals surface area contributed by atoms with E-state index in [-0.39, 0.29) is 12.5 Å². The number of carbonyl (C=O) groups excluding carboxylic acids is 1. The molecule has 0 atom stereocenters. The van der Waals surface area contributed by atoms with Crippen LogP contribution in [0.1, 0.15) is 5.56 Å². The van der Waals surface area contributed by atoms with E-state index in [4.69, 9.17) is 0 Å². The highest BCUT2D eigenvalue weighted by molar-refractivity contribution is 7.91. The Labute approximate surface area is 183 Å². The van der Waals surface area contributed by atoms with E-state index < -0.39 is 10.0 Å². The van der Waals surface area contributed by atoms with Gasteiger partial charge >= 0.3 is 0 Å². The number of aromatic nitrogens is 2. The van der Waals surface area contributed by atoms with Gasteiger partial charge in [-0.2, -0.15) is 4.31 Å². The smallest absolute Gasteiger partial charge is 0.252 e. The monoisotopic (exact) mass is 463 g/mol. The number of rotatable bonds is 6. The first-order valence-electron chi connectivity index (χ1n) is 9.38. The number of piperazine rings is 1. The highest BCUT2D eigenvalue weighted by atomic mass is 32.2. The van der Waals surface area contributed by atoms with Gasteiger partial charge in [-0.05, 0) is 24.4 Å². The van der Waals surface area contributed by atoms with Crippen molar-refractivity contribution < 1.29 is 13.2 Å². The number of benzene rings is 1. The second-order valence-electron chi connectivity index (χ2n) is 6.94. The number of aryl methyl sites for hydroxylation is 1. The minimum atomic E-state index is -3.44. The molecule has 11 heteroatoms. The van der Waals surface area contributed by atoms with E-state index >= 15 is 0 Å². The molecule has 8 nitrogen and oxygen atoms in total. The SMILES string of the molecule is Cc1cccc(-c2nnc(NC(=O)CN3CCN(S(=O)(=O)c4cccs4)CC3)s2)c1. The van der Waals surface area contributed by atoms with Gasteiger partial charge in [-0.3, -0.25) is 15.0 Å². The molecule has 0 aliphatic carbocycles. The van der Waals surface area contributed by atoms with Crippen LogP contribution in [-0.4, -0.2) is 66.5 Å². The zero-order valence-corrected chi connectivity index (χ0v) is 18.8. The van der Waals surface area contributed by atoms with Crippen molar-refractivity contribution in [2.24, 2.45) is 0 Å². The molecule has 1 aliphatic heterocycles. The molecule has 1 N–H and O–H groups in total. The molecule has 1 amide bonds. The Hall–Kier alpha value is -2.18. The van der Waals surface area contributed by atoms with Gasteiger partial charge < -0.3 is 0 Å². The van der Waals surface area contributed by atoms with Crippen LogP contribution in [0.3, 0.4) is 0 Å². The third kappa shape index (κ3) is 4.76. The molecule has 1 fully saturated rings. The number of sulfonamides is 1. The van der Waals surface area contributed by atoms with Crippen molar-refractivity contribution in [3.05, 3.63) is 47.3 Å². The fourth-order valence-corrected chi connectivity index (χ4v) is 6.52. The summed E-state index contributed by atoms with van der Waals surface area (Å²) in [6, 6.07) is 11.3. The van der Waals surface area contributed by atoms with E-state index in [9.17, 15) is 13.2 Å². The van der Waals surface area contributed by atoms with Gasteiger partial charge in [0.05, 0.1) is 6.54 Å². The molecule has 1 saturated heterocycles. The van der Waals surface area contributed by atoms with Gasteiger partial charge in [-0.1, -0.05) is 41.2 Å². The number of hydrogen-bond acceptors (Lipinski definition) is 8. The fourth-order valence-electron chi connectivity index (χ4n) is 3.20. The maximum atomic E-state index is 12.6. The van der Waals surface area contributed by atoms with E-state index in [1.165, 1.54) is 27.0 Å². The summed E-state index contributed by atoms with van der Waals surface area (Å²) in [5.74, 6) is -0.184. The van der Waals surface area contributed by atoms with E-state index in [2.05, 4.69) is 15.5 Å².